The van der Waals surface area contributed by atoms with Crippen molar-refractivity contribution in [2.24, 2.45) is 0 Å². The molecule has 0 amide bonds. The molecule has 96 valence electrons. The number of aryl methyl sites for hydroxylation is 1. The molecule has 0 unspecified atom stereocenters. The van der Waals surface area contributed by atoms with Crippen LogP contribution in [0.4, 0.5) is 18.3 Å². The van der Waals surface area contributed by atoms with Gasteiger partial charge in [0.25, 0.3) is 0 Å². The molecule has 7 heteroatoms. The highest BCUT2D eigenvalue weighted by Gasteiger charge is 2.29. The van der Waals surface area contributed by atoms with Gasteiger partial charge in [-0.2, -0.15) is 17.5 Å². The second-order valence-electron chi connectivity index (χ2n) is 3.69. The van der Waals surface area contributed by atoms with E-state index in [1.54, 1.807) is 6.92 Å². The Morgan fingerprint density at radius 2 is 1.89 bits per heavy atom. The smallest absolute Gasteiger partial charge is 0.356 e. The van der Waals surface area contributed by atoms with E-state index in [9.17, 15) is 13.2 Å². The van der Waals surface area contributed by atoms with Gasteiger partial charge in [0.2, 0.25) is 5.13 Å². The number of nitrogens with one attached hydrogen (secondary N) is 1. The summed E-state index contributed by atoms with van der Waals surface area (Å²) in [7, 11) is 0. The van der Waals surface area contributed by atoms with Crippen molar-refractivity contribution in [2.75, 3.05) is 5.32 Å². The minimum absolute atomic E-state index is 0.423. The monoisotopic (exact) mass is 273 g/mol. The molecule has 2 aromatic rings. The largest absolute Gasteiger partial charge is 0.416 e. The van der Waals surface area contributed by atoms with Gasteiger partial charge in [0.1, 0.15) is 5.82 Å². The Balaban J connectivity index is 1.98. The highest BCUT2D eigenvalue weighted by molar-refractivity contribution is 7.09. The molecule has 1 heterocycles. The summed E-state index contributed by atoms with van der Waals surface area (Å²) in [5.74, 6) is 0.676. The fraction of sp³-hybridized carbons (Fsp3) is 0.273. The highest BCUT2D eigenvalue weighted by Crippen LogP contribution is 2.29. The van der Waals surface area contributed by atoms with Crippen LogP contribution in [-0.2, 0) is 12.7 Å². The molecule has 0 atom stereocenters. The van der Waals surface area contributed by atoms with E-state index in [0.29, 0.717) is 17.5 Å². The summed E-state index contributed by atoms with van der Waals surface area (Å²) in [6, 6.07) is 5.04. The van der Waals surface area contributed by atoms with Crippen molar-refractivity contribution in [3.63, 3.8) is 0 Å². The van der Waals surface area contributed by atoms with Crippen LogP contribution in [0.2, 0.25) is 0 Å². The molecule has 1 aromatic carbocycles. The van der Waals surface area contributed by atoms with Crippen molar-refractivity contribution >= 4 is 16.7 Å². The summed E-state index contributed by atoms with van der Waals surface area (Å²) in [5.41, 5.74) is 0.119. The lowest BCUT2D eigenvalue weighted by molar-refractivity contribution is -0.137. The summed E-state index contributed by atoms with van der Waals surface area (Å²) >= 11 is 1.22. The SMILES string of the molecule is Cc1nsc(NCc2ccc(C(F)(F)F)cc2)n1. The molecular formula is C11H10F3N3S. The molecular weight excluding hydrogens is 263 g/mol. The minimum atomic E-state index is -4.29. The van der Waals surface area contributed by atoms with Gasteiger partial charge in [0.05, 0.1) is 5.56 Å². The van der Waals surface area contributed by atoms with Crippen LogP contribution in [0.1, 0.15) is 17.0 Å². The van der Waals surface area contributed by atoms with Crippen molar-refractivity contribution < 1.29 is 13.2 Å². The number of benzene rings is 1. The molecule has 1 N–H and O–H groups in total. The maximum Gasteiger partial charge on any atom is 0.416 e. The topological polar surface area (TPSA) is 37.8 Å². The highest BCUT2D eigenvalue weighted by atomic mass is 32.1. The van der Waals surface area contributed by atoms with E-state index in [-0.39, 0.29) is 0 Å². The van der Waals surface area contributed by atoms with Crippen molar-refractivity contribution in [1.29, 1.82) is 0 Å². The first-order chi connectivity index (χ1) is 8.45. The zero-order chi connectivity index (χ0) is 13.2. The summed E-state index contributed by atoms with van der Waals surface area (Å²) in [4.78, 5) is 4.10. The van der Waals surface area contributed by atoms with E-state index in [1.165, 1.54) is 23.7 Å². The van der Waals surface area contributed by atoms with Crippen molar-refractivity contribution in [1.82, 2.24) is 9.36 Å². The molecule has 3 nitrogen and oxygen atoms in total. The molecule has 0 saturated carbocycles. The lowest BCUT2D eigenvalue weighted by Crippen LogP contribution is -2.05. The molecule has 0 saturated heterocycles. The summed E-state index contributed by atoms with van der Waals surface area (Å²) < 4.78 is 41.0. The summed E-state index contributed by atoms with van der Waals surface area (Å²) in [6.45, 7) is 2.20. The van der Waals surface area contributed by atoms with E-state index in [1.807, 2.05) is 0 Å². The first kappa shape index (κ1) is 12.8. The zero-order valence-corrected chi connectivity index (χ0v) is 10.3. The maximum atomic E-state index is 12.3. The van der Waals surface area contributed by atoms with Gasteiger partial charge in [-0.3, -0.25) is 0 Å². The third-order valence-corrected chi connectivity index (χ3v) is 3.02. The fourth-order valence-corrected chi connectivity index (χ4v) is 1.93. The van der Waals surface area contributed by atoms with Crippen LogP contribution in [0, 0.1) is 6.92 Å². The lowest BCUT2D eigenvalue weighted by atomic mass is 10.1. The van der Waals surface area contributed by atoms with Crippen LogP contribution in [-0.4, -0.2) is 9.36 Å². The third-order valence-electron chi connectivity index (χ3n) is 2.25. The minimum Gasteiger partial charge on any atom is -0.356 e. The molecule has 1 aromatic heterocycles. The van der Waals surface area contributed by atoms with Crippen molar-refractivity contribution in [3.05, 3.63) is 41.2 Å². The average Bonchev–Trinajstić information content (AvgIpc) is 2.72. The van der Waals surface area contributed by atoms with Gasteiger partial charge < -0.3 is 5.32 Å². The molecule has 0 bridgehead atoms. The van der Waals surface area contributed by atoms with E-state index in [4.69, 9.17) is 0 Å². The molecule has 0 fully saturated rings. The van der Waals surface area contributed by atoms with Crippen molar-refractivity contribution in [3.8, 4) is 0 Å². The lowest BCUT2D eigenvalue weighted by Gasteiger charge is -2.07. The molecule has 0 aliphatic rings. The number of rotatable bonds is 3. The molecule has 0 spiro atoms. The Hall–Kier alpha value is -1.63. The number of nitrogens with zero attached hydrogens (tertiary/aromatic N) is 2. The average molecular weight is 273 g/mol. The van der Waals surface area contributed by atoms with E-state index in [0.717, 1.165) is 17.7 Å². The third kappa shape index (κ3) is 3.19. The normalized spacial score (nSPS) is 11.6. The van der Waals surface area contributed by atoms with Crippen molar-refractivity contribution in [2.45, 2.75) is 19.6 Å². The van der Waals surface area contributed by atoms with Gasteiger partial charge in [-0.15, -0.1) is 0 Å². The van der Waals surface area contributed by atoms with Gasteiger partial charge >= 0.3 is 6.18 Å². The summed E-state index contributed by atoms with van der Waals surface area (Å²) in [5, 5.41) is 3.66. The van der Waals surface area contributed by atoms with E-state index in [2.05, 4.69) is 14.7 Å². The van der Waals surface area contributed by atoms with Gasteiger partial charge in [0.15, 0.2) is 0 Å². The number of anilines is 1. The number of hydrogen-bond donors (Lipinski definition) is 1. The van der Waals surface area contributed by atoms with Crippen LogP contribution < -0.4 is 5.32 Å². The van der Waals surface area contributed by atoms with Gasteiger partial charge in [-0.05, 0) is 24.6 Å². The number of hydrogen-bond acceptors (Lipinski definition) is 4. The Labute approximate surface area is 106 Å². The van der Waals surface area contributed by atoms with Crippen LogP contribution in [0.3, 0.4) is 0 Å². The predicted molar refractivity (Wildman–Crippen MR) is 63.4 cm³/mol. The maximum absolute atomic E-state index is 12.3. The summed E-state index contributed by atoms with van der Waals surface area (Å²) in [6.07, 6.45) is -4.29. The first-order valence-electron chi connectivity index (χ1n) is 5.15. The quantitative estimate of drug-likeness (QED) is 0.930. The second kappa shape index (κ2) is 4.93. The number of aromatic nitrogens is 2. The Morgan fingerprint density at radius 3 is 2.39 bits per heavy atom. The molecule has 2 rings (SSSR count). The predicted octanol–water partition coefficient (Wildman–Crippen LogP) is 3.48. The van der Waals surface area contributed by atoms with Gasteiger partial charge in [0, 0.05) is 18.1 Å². The van der Waals surface area contributed by atoms with Crippen LogP contribution in [0.5, 0.6) is 0 Å². The standard InChI is InChI=1S/C11H10F3N3S/c1-7-16-10(18-17-7)15-6-8-2-4-9(5-3-8)11(12,13)14/h2-5H,6H2,1H3,(H,15,16,17). The zero-order valence-electron chi connectivity index (χ0n) is 9.45. The Kier molecular flexibility index (Phi) is 3.51. The van der Waals surface area contributed by atoms with Crippen LogP contribution in [0.15, 0.2) is 24.3 Å². The van der Waals surface area contributed by atoms with E-state index < -0.39 is 11.7 Å². The Bertz CT molecular complexity index is 519. The molecule has 0 aliphatic heterocycles. The molecule has 0 radical (unpaired) electrons. The number of halogens is 3. The fourth-order valence-electron chi connectivity index (χ4n) is 1.36. The Morgan fingerprint density at radius 1 is 1.22 bits per heavy atom. The first-order valence-corrected chi connectivity index (χ1v) is 5.93. The molecule has 18 heavy (non-hydrogen) atoms. The molecule has 0 aliphatic carbocycles. The van der Waals surface area contributed by atoms with E-state index >= 15 is 0 Å². The van der Waals surface area contributed by atoms with Crippen LogP contribution >= 0.6 is 11.5 Å². The van der Waals surface area contributed by atoms with Gasteiger partial charge in [-0.25, -0.2) is 4.98 Å². The number of alkyl halides is 3. The van der Waals surface area contributed by atoms with Crippen LogP contribution in [0.25, 0.3) is 0 Å². The van der Waals surface area contributed by atoms with Gasteiger partial charge in [-0.1, -0.05) is 12.1 Å². The second-order valence-corrected chi connectivity index (χ2v) is 4.45.